The Kier molecular flexibility index (Phi) is 4.43. The summed E-state index contributed by atoms with van der Waals surface area (Å²) in [5, 5.41) is 1.06. The van der Waals surface area contributed by atoms with Crippen molar-refractivity contribution in [3.8, 4) is 0 Å². The number of rotatable bonds is 3. The molecule has 1 aliphatic rings. The third-order valence-corrected chi connectivity index (χ3v) is 4.71. The molecule has 3 heterocycles. The summed E-state index contributed by atoms with van der Waals surface area (Å²) in [6.45, 7) is 8.96. The van der Waals surface area contributed by atoms with Crippen LogP contribution in [0.1, 0.15) is 49.6 Å². The highest BCUT2D eigenvalue weighted by Crippen LogP contribution is 2.34. The maximum absolute atomic E-state index is 6.14. The smallest absolute Gasteiger partial charge is 0.301 e. The highest BCUT2D eigenvalue weighted by molar-refractivity contribution is 5.89. The molecule has 28 heavy (non-hydrogen) atoms. The number of aromatic amines is 1. The molecule has 0 bridgehead atoms. The number of hydrogen-bond donors (Lipinski definition) is 4. The van der Waals surface area contributed by atoms with Crippen molar-refractivity contribution in [1.29, 1.82) is 0 Å². The number of aliphatic imine (C=N–C) groups is 1. The zero-order chi connectivity index (χ0) is 19.9. The van der Waals surface area contributed by atoms with Crippen molar-refractivity contribution in [3.05, 3.63) is 53.2 Å². The number of hydrazine groups is 1. The Bertz CT molecular complexity index is 1030. The summed E-state index contributed by atoms with van der Waals surface area (Å²) in [4.78, 5) is 16.5. The SMILES string of the molecule is Cc1cc(C2NNC(=NCc3ncc[nH]3)O2)nc2c(C(C)(C)C)cc(N)cc12. The van der Waals surface area contributed by atoms with Crippen LogP contribution >= 0.6 is 0 Å². The lowest BCUT2D eigenvalue weighted by molar-refractivity contribution is 0.194. The lowest BCUT2D eigenvalue weighted by atomic mass is 9.84. The Hall–Kier alpha value is -3.13. The van der Waals surface area contributed by atoms with E-state index in [4.69, 9.17) is 15.5 Å². The summed E-state index contributed by atoms with van der Waals surface area (Å²) < 4.78 is 5.90. The molecule has 0 amide bonds. The van der Waals surface area contributed by atoms with Crippen LogP contribution in [0.15, 0.2) is 35.6 Å². The van der Waals surface area contributed by atoms with E-state index in [0.717, 1.165) is 39.2 Å². The van der Waals surface area contributed by atoms with Crippen LogP contribution in [0.25, 0.3) is 10.9 Å². The van der Waals surface area contributed by atoms with Crippen molar-refractivity contribution in [2.45, 2.75) is 45.9 Å². The van der Waals surface area contributed by atoms with Gasteiger partial charge >= 0.3 is 6.02 Å². The predicted octanol–water partition coefficient (Wildman–Crippen LogP) is 2.83. The van der Waals surface area contributed by atoms with Gasteiger partial charge < -0.3 is 15.5 Å². The molecule has 1 fully saturated rings. The average molecular weight is 379 g/mol. The molecule has 8 heteroatoms. The predicted molar refractivity (Wildman–Crippen MR) is 109 cm³/mol. The molecule has 146 valence electrons. The lowest BCUT2D eigenvalue weighted by Crippen LogP contribution is -2.28. The lowest BCUT2D eigenvalue weighted by Gasteiger charge is -2.23. The summed E-state index contributed by atoms with van der Waals surface area (Å²) in [5.74, 6) is 0.772. The van der Waals surface area contributed by atoms with Gasteiger partial charge in [-0.05, 0) is 41.7 Å². The molecule has 0 aliphatic carbocycles. The maximum atomic E-state index is 6.14. The van der Waals surface area contributed by atoms with E-state index >= 15 is 0 Å². The van der Waals surface area contributed by atoms with Crippen LogP contribution in [0, 0.1) is 6.92 Å². The fraction of sp³-hybridized carbons (Fsp3) is 0.350. The van der Waals surface area contributed by atoms with E-state index in [1.807, 2.05) is 18.2 Å². The fourth-order valence-electron chi connectivity index (χ4n) is 3.28. The Morgan fingerprint density at radius 3 is 2.79 bits per heavy atom. The van der Waals surface area contributed by atoms with Gasteiger partial charge in [0.2, 0.25) is 6.23 Å². The normalized spacial score (nSPS) is 18.4. The summed E-state index contributed by atoms with van der Waals surface area (Å²) in [6, 6.07) is 6.42. The molecule has 2 aromatic heterocycles. The van der Waals surface area contributed by atoms with Gasteiger partial charge in [-0.2, -0.15) is 5.43 Å². The standard InChI is InChI=1S/C20H25N7O/c1-11-7-15(18-26-27-19(28-18)24-10-16-22-5-6-23-16)25-17-13(11)8-12(21)9-14(17)20(2,3)4/h5-9,18,26H,10,21H2,1-4H3,(H,22,23)(H,24,27). The van der Waals surface area contributed by atoms with E-state index in [1.165, 1.54) is 0 Å². The molecule has 1 atom stereocenters. The van der Waals surface area contributed by atoms with Gasteiger partial charge in [0.1, 0.15) is 12.4 Å². The number of nitrogens with zero attached hydrogens (tertiary/aromatic N) is 3. The van der Waals surface area contributed by atoms with Gasteiger partial charge in [-0.25, -0.2) is 15.0 Å². The van der Waals surface area contributed by atoms with E-state index in [9.17, 15) is 0 Å². The highest BCUT2D eigenvalue weighted by Gasteiger charge is 2.26. The monoisotopic (exact) mass is 379 g/mol. The molecule has 0 saturated carbocycles. The molecule has 0 spiro atoms. The van der Waals surface area contributed by atoms with E-state index in [0.29, 0.717) is 12.6 Å². The Morgan fingerprint density at radius 1 is 1.25 bits per heavy atom. The minimum Gasteiger partial charge on any atom is -0.438 e. The molecular weight excluding hydrogens is 354 g/mol. The van der Waals surface area contributed by atoms with Crippen molar-refractivity contribution in [2.24, 2.45) is 4.99 Å². The number of amidine groups is 1. The highest BCUT2D eigenvalue weighted by atomic mass is 16.5. The number of imidazole rings is 1. The topological polar surface area (TPSA) is 113 Å². The number of anilines is 1. The Labute approximate surface area is 163 Å². The van der Waals surface area contributed by atoms with Crippen molar-refractivity contribution < 1.29 is 4.74 Å². The van der Waals surface area contributed by atoms with Crippen LogP contribution in [-0.4, -0.2) is 21.0 Å². The van der Waals surface area contributed by atoms with Crippen molar-refractivity contribution in [1.82, 2.24) is 25.8 Å². The van der Waals surface area contributed by atoms with Gasteiger partial charge in [0, 0.05) is 23.5 Å². The maximum Gasteiger partial charge on any atom is 0.301 e. The number of benzene rings is 1. The molecule has 1 saturated heterocycles. The van der Waals surface area contributed by atoms with Gasteiger partial charge in [0.25, 0.3) is 0 Å². The van der Waals surface area contributed by atoms with Gasteiger partial charge in [-0.3, -0.25) is 5.43 Å². The molecule has 1 unspecified atom stereocenters. The quantitative estimate of drug-likeness (QED) is 0.521. The number of aryl methyl sites for hydroxylation is 1. The third-order valence-electron chi connectivity index (χ3n) is 4.71. The number of aromatic nitrogens is 3. The number of ether oxygens (including phenoxy) is 1. The number of pyridine rings is 1. The van der Waals surface area contributed by atoms with Crippen LogP contribution in [-0.2, 0) is 16.7 Å². The largest absolute Gasteiger partial charge is 0.438 e. The van der Waals surface area contributed by atoms with Gasteiger partial charge in [0.15, 0.2) is 0 Å². The number of nitrogens with one attached hydrogen (secondary N) is 3. The van der Waals surface area contributed by atoms with Gasteiger partial charge in [-0.1, -0.05) is 20.8 Å². The van der Waals surface area contributed by atoms with E-state index < -0.39 is 6.23 Å². The Balaban J connectivity index is 1.66. The van der Waals surface area contributed by atoms with Crippen LogP contribution in [0.3, 0.4) is 0 Å². The molecule has 4 rings (SSSR count). The van der Waals surface area contributed by atoms with Crippen LogP contribution in [0.4, 0.5) is 5.69 Å². The van der Waals surface area contributed by atoms with Crippen LogP contribution in [0.2, 0.25) is 0 Å². The molecule has 1 aromatic carbocycles. The first-order chi connectivity index (χ1) is 13.3. The fourth-order valence-corrected chi connectivity index (χ4v) is 3.28. The second-order valence-electron chi connectivity index (χ2n) is 8.00. The minimum atomic E-state index is -0.427. The summed E-state index contributed by atoms with van der Waals surface area (Å²) in [6.07, 6.45) is 3.03. The van der Waals surface area contributed by atoms with Crippen molar-refractivity contribution in [3.63, 3.8) is 0 Å². The number of hydrogen-bond acceptors (Lipinski definition) is 6. The van der Waals surface area contributed by atoms with Crippen molar-refractivity contribution in [2.75, 3.05) is 5.73 Å². The summed E-state index contributed by atoms with van der Waals surface area (Å²) >= 11 is 0. The average Bonchev–Trinajstić information content (AvgIpc) is 3.30. The second kappa shape index (κ2) is 6.79. The molecular formula is C20H25N7O. The molecule has 1 aliphatic heterocycles. The van der Waals surface area contributed by atoms with E-state index in [1.54, 1.807) is 12.4 Å². The van der Waals surface area contributed by atoms with Crippen molar-refractivity contribution >= 4 is 22.6 Å². The van der Waals surface area contributed by atoms with E-state index in [2.05, 4.69) is 53.5 Å². The first kappa shape index (κ1) is 18.2. The van der Waals surface area contributed by atoms with E-state index in [-0.39, 0.29) is 5.41 Å². The summed E-state index contributed by atoms with van der Waals surface area (Å²) in [5.41, 5.74) is 16.8. The zero-order valence-electron chi connectivity index (χ0n) is 16.5. The molecule has 8 nitrogen and oxygen atoms in total. The number of nitrogen functional groups attached to an aromatic ring is 1. The first-order valence-electron chi connectivity index (χ1n) is 9.23. The van der Waals surface area contributed by atoms with Gasteiger partial charge in [-0.15, -0.1) is 0 Å². The molecule has 3 aromatic rings. The molecule has 5 N–H and O–H groups in total. The minimum absolute atomic E-state index is 0.0798. The zero-order valence-corrected chi connectivity index (χ0v) is 16.5. The number of fused-ring (bicyclic) bond motifs is 1. The van der Waals surface area contributed by atoms with Crippen LogP contribution in [0.5, 0.6) is 0 Å². The van der Waals surface area contributed by atoms with Gasteiger partial charge in [0.05, 0.1) is 11.2 Å². The molecule has 0 radical (unpaired) electrons. The first-order valence-corrected chi connectivity index (χ1v) is 9.23. The number of H-pyrrole nitrogens is 1. The Morgan fingerprint density at radius 2 is 2.07 bits per heavy atom. The van der Waals surface area contributed by atoms with Crippen LogP contribution < -0.4 is 16.6 Å². The third kappa shape index (κ3) is 3.50. The second-order valence-corrected chi connectivity index (χ2v) is 8.00. The summed E-state index contributed by atoms with van der Waals surface area (Å²) in [7, 11) is 0. The number of nitrogens with two attached hydrogens (primary N) is 1.